The van der Waals surface area contributed by atoms with Gasteiger partial charge in [0.1, 0.15) is 5.82 Å². The average molecular weight is 684 g/mol. The second-order valence-corrected chi connectivity index (χ2v) is 13.8. The summed E-state index contributed by atoms with van der Waals surface area (Å²) in [6, 6.07) is 60.9. The molecule has 5 nitrogen and oxygen atoms in total. The van der Waals surface area contributed by atoms with E-state index in [-0.39, 0.29) is 0 Å². The lowest BCUT2D eigenvalue weighted by atomic mass is 9.97. The maximum absolute atomic E-state index is 5.15. The number of benzene rings is 7. The first-order valence-corrected chi connectivity index (χ1v) is 18.0. The van der Waals surface area contributed by atoms with Crippen LogP contribution in [0.2, 0.25) is 0 Å². The Morgan fingerprint density at radius 2 is 0.962 bits per heavy atom. The molecule has 6 heteroatoms. The highest BCUT2D eigenvalue weighted by Gasteiger charge is 2.18. The molecule has 0 unspecified atom stereocenters. The van der Waals surface area contributed by atoms with Crippen molar-refractivity contribution in [2.24, 2.45) is 0 Å². The number of hydrogen-bond donors (Lipinski definition) is 0. The third-order valence-corrected chi connectivity index (χ3v) is 10.6. The summed E-state index contributed by atoms with van der Waals surface area (Å²) in [6.45, 7) is 0. The van der Waals surface area contributed by atoms with E-state index in [4.69, 9.17) is 19.9 Å². The van der Waals surface area contributed by atoms with E-state index >= 15 is 0 Å². The first-order chi connectivity index (χ1) is 25.8. The molecule has 0 spiro atoms. The smallest absolute Gasteiger partial charge is 0.164 e. The Morgan fingerprint density at radius 1 is 0.404 bits per heavy atom. The van der Waals surface area contributed by atoms with Gasteiger partial charge in [-0.25, -0.2) is 19.9 Å². The van der Waals surface area contributed by atoms with Crippen LogP contribution in [0.15, 0.2) is 176 Å². The van der Waals surface area contributed by atoms with Crippen LogP contribution in [0.4, 0.5) is 0 Å². The molecule has 0 N–H and O–H groups in total. The van der Waals surface area contributed by atoms with E-state index in [1.54, 1.807) is 0 Å². The predicted molar refractivity (Wildman–Crippen MR) is 215 cm³/mol. The molecule has 0 radical (unpaired) electrons. The zero-order valence-electron chi connectivity index (χ0n) is 27.9. The van der Waals surface area contributed by atoms with Crippen molar-refractivity contribution in [1.82, 2.24) is 24.5 Å². The summed E-state index contributed by atoms with van der Waals surface area (Å²) in [5, 5.41) is 2.47. The highest BCUT2D eigenvalue weighted by atomic mass is 32.1. The van der Waals surface area contributed by atoms with Crippen LogP contribution in [0.3, 0.4) is 0 Å². The number of para-hydroxylation sites is 3. The van der Waals surface area contributed by atoms with E-state index in [1.807, 2.05) is 84.1 Å². The molecule has 7 aromatic carbocycles. The normalized spacial score (nSPS) is 11.5. The van der Waals surface area contributed by atoms with Gasteiger partial charge in [0.15, 0.2) is 17.5 Å². The van der Waals surface area contributed by atoms with Crippen LogP contribution in [0.25, 0.3) is 93.6 Å². The Labute approximate surface area is 304 Å². The number of imidazole rings is 1. The van der Waals surface area contributed by atoms with Crippen molar-refractivity contribution in [2.45, 2.75) is 0 Å². The summed E-state index contributed by atoms with van der Waals surface area (Å²) in [5.74, 6) is 2.88. The van der Waals surface area contributed by atoms with Gasteiger partial charge >= 0.3 is 0 Å². The molecule has 3 aromatic heterocycles. The summed E-state index contributed by atoms with van der Waals surface area (Å²) >= 11 is 1.82. The average Bonchev–Trinajstić information content (AvgIpc) is 3.80. The van der Waals surface area contributed by atoms with E-state index in [2.05, 4.69) is 108 Å². The Kier molecular flexibility index (Phi) is 7.25. The van der Waals surface area contributed by atoms with E-state index in [9.17, 15) is 0 Å². The minimum absolute atomic E-state index is 0.643. The Morgan fingerprint density at radius 3 is 1.63 bits per heavy atom. The van der Waals surface area contributed by atoms with Crippen molar-refractivity contribution in [3.63, 3.8) is 0 Å². The molecule has 0 fully saturated rings. The molecule has 0 saturated heterocycles. The standard InChI is InChI=1S/C46H29N5S/c1-4-13-31(14-5-1)43-48-44(32-15-6-2-7-16-32)50-45(49-43)33-25-23-30(24-26-33)36-19-12-22-41-42(36)37-29-34(27-28-40(37)52-41)46-47-38-20-10-11-21-39(38)51(46)35-17-8-3-9-18-35/h1-29H. The van der Waals surface area contributed by atoms with Gasteiger partial charge in [0.05, 0.1) is 11.0 Å². The Balaban J connectivity index is 1.09. The molecule has 0 aliphatic heterocycles. The van der Waals surface area contributed by atoms with Gasteiger partial charge in [-0.2, -0.15) is 0 Å². The summed E-state index contributed by atoms with van der Waals surface area (Å²) in [6.07, 6.45) is 0. The van der Waals surface area contributed by atoms with Gasteiger partial charge in [-0.15, -0.1) is 11.3 Å². The van der Waals surface area contributed by atoms with Gasteiger partial charge in [-0.3, -0.25) is 4.57 Å². The molecule has 0 atom stereocenters. The maximum atomic E-state index is 5.15. The quantitative estimate of drug-likeness (QED) is 0.175. The van der Waals surface area contributed by atoms with Gasteiger partial charge in [0.2, 0.25) is 0 Å². The molecule has 244 valence electrons. The maximum Gasteiger partial charge on any atom is 0.164 e. The number of rotatable bonds is 6. The molecule has 0 amide bonds. The van der Waals surface area contributed by atoms with Crippen molar-refractivity contribution in [3.05, 3.63) is 176 Å². The molecule has 0 aliphatic rings. The largest absolute Gasteiger partial charge is 0.292 e. The summed E-state index contributed by atoms with van der Waals surface area (Å²) in [5.41, 5.74) is 9.40. The lowest BCUT2D eigenvalue weighted by Crippen LogP contribution is -2.00. The number of fused-ring (bicyclic) bond motifs is 4. The second-order valence-electron chi connectivity index (χ2n) is 12.7. The summed E-state index contributed by atoms with van der Waals surface area (Å²) < 4.78 is 4.76. The van der Waals surface area contributed by atoms with E-state index in [0.29, 0.717) is 17.5 Å². The Bertz CT molecular complexity index is 2820. The minimum atomic E-state index is 0.643. The fraction of sp³-hybridized carbons (Fsp3) is 0. The molecule has 0 aliphatic carbocycles. The second kappa shape index (κ2) is 12.5. The van der Waals surface area contributed by atoms with Crippen LogP contribution in [0.1, 0.15) is 0 Å². The lowest BCUT2D eigenvalue weighted by molar-refractivity contribution is 1.07. The van der Waals surface area contributed by atoms with E-state index in [0.717, 1.165) is 50.4 Å². The lowest BCUT2D eigenvalue weighted by Gasteiger charge is -2.11. The first-order valence-electron chi connectivity index (χ1n) is 17.2. The molecule has 52 heavy (non-hydrogen) atoms. The van der Waals surface area contributed by atoms with Crippen molar-refractivity contribution in [2.75, 3.05) is 0 Å². The van der Waals surface area contributed by atoms with Crippen molar-refractivity contribution in [1.29, 1.82) is 0 Å². The predicted octanol–water partition coefficient (Wildman–Crippen LogP) is 11.9. The number of nitrogens with zero attached hydrogens (tertiary/aromatic N) is 5. The van der Waals surface area contributed by atoms with Gasteiger partial charge in [-0.1, -0.05) is 127 Å². The van der Waals surface area contributed by atoms with Gasteiger partial charge < -0.3 is 0 Å². The summed E-state index contributed by atoms with van der Waals surface area (Å²) in [4.78, 5) is 19.9. The monoisotopic (exact) mass is 683 g/mol. The third kappa shape index (κ3) is 5.25. The van der Waals surface area contributed by atoms with Crippen molar-refractivity contribution >= 4 is 42.5 Å². The van der Waals surface area contributed by atoms with Crippen LogP contribution in [0, 0.1) is 0 Å². The molecule has 0 bridgehead atoms. The van der Waals surface area contributed by atoms with Crippen LogP contribution in [-0.2, 0) is 0 Å². The molecule has 10 aromatic rings. The number of aromatic nitrogens is 5. The zero-order chi connectivity index (χ0) is 34.4. The molecule has 0 saturated carbocycles. The minimum Gasteiger partial charge on any atom is -0.292 e. The first kappa shape index (κ1) is 30.1. The van der Waals surface area contributed by atoms with E-state index < -0.39 is 0 Å². The number of hydrogen-bond acceptors (Lipinski definition) is 5. The summed E-state index contributed by atoms with van der Waals surface area (Å²) in [7, 11) is 0. The molecule has 10 rings (SSSR count). The van der Waals surface area contributed by atoms with Gasteiger partial charge in [-0.05, 0) is 59.7 Å². The van der Waals surface area contributed by atoms with Crippen LogP contribution < -0.4 is 0 Å². The van der Waals surface area contributed by atoms with Crippen LogP contribution >= 0.6 is 11.3 Å². The molecular formula is C46H29N5S. The highest BCUT2D eigenvalue weighted by molar-refractivity contribution is 7.26. The van der Waals surface area contributed by atoms with Crippen molar-refractivity contribution in [3.8, 4) is 62.4 Å². The SMILES string of the molecule is c1ccc(-c2nc(-c3ccccc3)nc(-c3ccc(-c4cccc5sc6ccc(-c7nc8ccccc8n7-c7ccccc7)cc6c45)cc3)n2)cc1. The Hall–Kier alpha value is -6.76. The highest BCUT2D eigenvalue weighted by Crippen LogP contribution is 2.42. The van der Waals surface area contributed by atoms with E-state index in [1.165, 1.54) is 25.7 Å². The van der Waals surface area contributed by atoms with Crippen LogP contribution in [0.5, 0.6) is 0 Å². The zero-order valence-corrected chi connectivity index (χ0v) is 28.7. The molecule has 3 heterocycles. The van der Waals surface area contributed by atoms with Crippen LogP contribution in [-0.4, -0.2) is 24.5 Å². The van der Waals surface area contributed by atoms with Gasteiger partial charge in [0, 0.05) is 48.1 Å². The fourth-order valence-electron chi connectivity index (χ4n) is 7.00. The number of thiophene rings is 1. The third-order valence-electron chi connectivity index (χ3n) is 9.48. The van der Waals surface area contributed by atoms with Gasteiger partial charge in [0.25, 0.3) is 0 Å². The molecular weight excluding hydrogens is 655 g/mol. The topological polar surface area (TPSA) is 56.5 Å². The van der Waals surface area contributed by atoms with Crippen molar-refractivity contribution < 1.29 is 0 Å². The fourth-order valence-corrected chi connectivity index (χ4v) is 8.11.